The summed E-state index contributed by atoms with van der Waals surface area (Å²) < 4.78 is 0. The van der Waals surface area contributed by atoms with Crippen LogP contribution in [0.4, 0.5) is 4.79 Å². The summed E-state index contributed by atoms with van der Waals surface area (Å²) in [5.41, 5.74) is 6.24. The van der Waals surface area contributed by atoms with Gasteiger partial charge in [-0.3, -0.25) is 0 Å². The van der Waals surface area contributed by atoms with E-state index in [-0.39, 0.29) is 6.04 Å². The molecule has 0 fully saturated rings. The van der Waals surface area contributed by atoms with E-state index in [0.29, 0.717) is 13.1 Å². The number of urea groups is 1. The number of carbonyl (C=O) groups is 1. The van der Waals surface area contributed by atoms with Gasteiger partial charge in [0.1, 0.15) is 0 Å². The smallest absolute Gasteiger partial charge is 0.312 e. The molecule has 0 saturated carbocycles. The molecule has 2 aromatic rings. The molecule has 4 nitrogen and oxygen atoms in total. The lowest BCUT2D eigenvalue weighted by Crippen LogP contribution is -2.35. The van der Waals surface area contributed by atoms with Crippen molar-refractivity contribution in [1.29, 1.82) is 0 Å². The third-order valence-electron chi connectivity index (χ3n) is 3.15. The number of carbonyl (C=O) groups excluding carboxylic acids is 1. The Morgan fingerprint density at radius 1 is 1.16 bits per heavy atom. The van der Waals surface area contributed by atoms with Gasteiger partial charge in [-0.1, -0.05) is 36.4 Å². The number of hydrogen-bond acceptors (Lipinski definition) is 2. The van der Waals surface area contributed by atoms with E-state index < -0.39 is 6.03 Å². The SMILES string of the molecule is CC(NCCNC(N)=O)c1ccc2ccccc2c1. The van der Waals surface area contributed by atoms with Crippen molar-refractivity contribution in [3.05, 3.63) is 48.0 Å². The summed E-state index contributed by atoms with van der Waals surface area (Å²) >= 11 is 0. The van der Waals surface area contributed by atoms with Crippen LogP contribution in [-0.2, 0) is 0 Å². The molecule has 2 amide bonds. The van der Waals surface area contributed by atoms with Gasteiger partial charge in [0.2, 0.25) is 0 Å². The Balaban J connectivity index is 1.97. The highest BCUT2D eigenvalue weighted by atomic mass is 16.2. The average molecular weight is 257 g/mol. The molecule has 1 atom stereocenters. The molecule has 4 N–H and O–H groups in total. The van der Waals surface area contributed by atoms with Gasteiger partial charge in [0.05, 0.1) is 0 Å². The molecule has 19 heavy (non-hydrogen) atoms. The molecule has 4 heteroatoms. The maximum atomic E-state index is 10.5. The standard InChI is InChI=1S/C15H19N3O/c1-11(17-8-9-18-15(16)19)13-7-6-12-4-2-3-5-14(12)10-13/h2-7,10-11,17H,8-9H2,1H3,(H3,16,18,19). The Morgan fingerprint density at radius 2 is 1.89 bits per heavy atom. The number of rotatable bonds is 5. The molecule has 0 aliphatic heterocycles. The number of benzene rings is 2. The highest BCUT2D eigenvalue weighted by molar-refractivity contribution is 5.83. The maximum Gasteiger partial charge on any atom is 0.312 e. The first-order valence-electron chi connectivity index (χ1n) is 6.42. The number of primary amides is 1. The Kier molecular flexibility index (Phi) is 4.36. The van der Waals surface area contributed by atoms with Crippen LogP contribution in [0.3, 0.4) is 0 Å². The molecular weight excluding hydrogens is 238 g/mol. The largest absolute Gasteiger partial charge is 0.352 e. The minimum atomic E-state index is -0.486. The predicted octanol–water partition coefficient (Wildman–Crippen LogP) is 2.16. The lowest BCUT2D eigenvalue weighted by atomic mass is 10.0. The molecule has 0 aliphatic carbocycles. The predicted molar refractivity (Wildman–Crippen MR) is 78.0 cm³/mol. The van der Waals surface area contributed by atoms with E-state index in [0.717, 1.165) is 0 Å². The van der Waals surface area contributed by atoms with Crippen LogP contribution in [0.2, 0.25) is 0 Å². The molecule has 0 radical (unpaired) electrons. The first-order valence-corrected chi connectivity index (χ1v) is 6.42. The number of hydrogen-bond donors (Lipinski definition) is 3. The Hall–Kier alpha value is -2.07. The Bertz CT molecular complexity index is 568. The molecule has 0 heterocycles. The van der Waals surface area contributed by atoms with E-state index >= 15 is 0 Å². The summed E-state index contributed by atoms with van der Waals surface area (Å²) in [7, 11) is 0. The first kappa shape index (κ1) is 13.4. The summed E-state index contributed by atoms with van der Waals surface area (Å²) in [6, 6.07) is 14.5. The summed E-state index contributed by atoms with van der Waals surface area (Å²) in [5, 5.41) is 8.39. The first-order chi connectivity index (χ1) is 9.16. The van der Waals surface area contributed by atoms with Crippen molar-refractivity contribution in [3.63, 3.8) is 0 Å². The Labute approximate surface area is 113 Å². The molecule has 2 rings (SSSR count). The second-order valence-electron chi connectivity index (χ2n) is 4.57. The van der Waals surface area contributed by atoms with Crippen molar-refractivity contribution >= 4 is 16.8 Å². The topological polar surface area (TPSA) is 67.2 Å². The minimum Gasteiger partial charge on any atom is -0.352 e. The van der Waals surface area contributed by atoms with Crippen LogP contribution < -0.4 is 16.4 Å². The average Bonchev–Trinajstić information content (AvgIpc) is 2.42. The van der Waals surface area contributed by atoms with Gasteiger partial charge in [0.25, 0.3) is 0 Å². The second kappa shape index (κ2) is 6.20. The van der Waals surface area contributed by atoms with Gasteiger partial charge in [-0.15, -0.1) is 0 Å². The molecular formula is C15H19N3O. The Morgan fingerprint density at radius 3 is 2.63 bits per heavy atom. The monoisotopic (exact) mass is 257 g/mol. The van der Waals surface area contributed by atoms with Crippen molar-refractivity contribution < 1.29 is 4.79 Å². The van der Waals surface area contributed by atoms with Crippen LogP contribution in [-0.4, -0.2) is 19.1 Å². The fourth-order valence-electron chi connectivity index (χ4n) is 2.07. The van der Waals surface area contributed by atoms with Crippen molar-refractivity contribution in [2.75, 3.05) is 13.1 Å². The summed E-state index contributed by atoms with van der Waals surface area (Å²) in [6.45, 7) is 3.33. The fraction of sp³-hybridized carbons (Fsp3) is 0.267. The van der Waals surface area contributed by atoms with E-state index in [1.54, 1.807) is 0 Å². The third kappa shape index (κ3) is 3.69. The molecule has 0 spiro atoms. The highest BCUT2D eigenvalue weighted by Crippen LogP contribution is 2.19. The molecule has 0 saturated heterocycles. The number of fused-ring (bicyclic) bond motifs is 1. The van der Waals surface area contributed by atoms with Crippen molar-refractivity contribution in [1.82, 2.24) is 10.6 Å². The summed E-state index contributed by atoms with van der Waals surface area (Å²) in [5.74, 6) is 0. The highest BCUT2D eigenvalue weighted by Gasteiger charge is 2.05. The van der Waals surface area contributed by atoms with Crippen molar-refractivity contribution in [3.8, 4) is 0 Å². The summed E-state index contributed by atoms with van der Waals surface area (Å²) in [6.07, 6.45) is 0. The number of amides is 2. The zero-order valence-electron chi connectivity index (χ0n) is 11.0. The fourth-order valence-corrected chi connectivity index (χ4v) is 2.07. The van der Waals surface area contributed by atoms with Gasteiger partial charge in [-0.2, -0.15) is 0 Å². The van der Waals surface area contributed by atoms with Gasteiger partial charge in [-0.25, -0.2) is 4.79 Å². The van der Waals surface area contributed by atoms with Gasteiger partial charge < -0.3 is 16.4 Å². The summed E-state index contributed by atoms with van der Waals surface area (Å²) in [4.78, 5) is 10.5. The van der Waals surface area contributed by atoms with Gasteiger partial charge >= 0.3 is 6.03 Å². The molecule has 1 unspecified atom stereocenters. The van der Waals surface area contributed by atoms with E-state index in [1.807, 2.05) is 12.1 Å². The van der Waals surface area contributed by atoms with Crippen LogP contribution in [0, 0.1) is 0 Å². The molecule has 0 aromatic heterocycles. The molecule has 0 bridgehead atoms. The third-order valence-corrected chi connectivity index (χ3v) is 3.15. The van der Waals surface area contributed by atoms with Crippen LogP contribution in [0.25, 0.3) is 10.8 Å². The molecule has 0 aliphatic rings. The van der Waals surface area contributed by atoms with Crippen LogP contribution in [0.5, 0.6) is 0 Å². The van der Waals surface area contributed by atoms with Gasteiger partial charge in [0, 0.05) is 19.1 Å². The van der Waals surface area contributed by atoms with Crippen LogP contribution >= 0.6 is 0 Å². The van der Waals surface area contributed by atoms with Crippen molar-refractivity contribution in [2.24, 2.45) is 5.73 Å². The molecule has 100 valence electrons. The minimum absolute atomic E-state index is 0.235. The zero-order chi connectivity index (χ0) is 13.7. The van der Waals surface area contributed by atoms with E-state index in [1.165, 1.54) is 16.3 Å². The van der Waals surface area contributed by atoms with Crippen LogP contribution in [0.1, 0.15) is 18.5 Å². The molecule has 2 aromatic carbocycles. The lowest BCUT2D eigenvalue weighted by Gasteiger charge is -2.15. The van der Waals surface area contributed by atoms with E-state index in [9.17, 15) is 4.79 Å². The normalized spacial score (nSPS) is 12.3. The van der Waals surface area contributed by atoms with E-state index in [2.05, 4.69) is 47.9 Å². The zero-order valence-corrected chi connectivity index (χ0v) is 11.0. The van der Waals surface area contributed by atoms with Crippen LogP contribution in [0.15, 0.2) is 42.5 Å². The quantitative estimate of drug-likeness (QED) is 0.718. The van der Waals surface area contributed by atoms with Gasteiger partial charge in [-0.05, 0) is 29.3 Å². The number of nitrogens with two attached hydrogens (primary N) is 1. The number of nitrogens with one attached hydrogen (secondary N) is 2. The van der Waals surface area contributed by atoms with Gasteiger partial charge in [0.15, 0.2) is 0 Å². The second-order valence-corrected chi connectivity index (χ2v) is 4.57. The lowest BCUT2D eigenvalue weighted by molar-refractivity contribution is 0.249. The van der Waals surface area contributed by atoms with E-state index in [4.69, 9.17) is 5.73 Å². The van der Waals surface area contributed by atoms with Crippen molar-refractivity contribution in [2.45, 2.75) is 13.0 Å². The maximum absolute atomic E-state index is 10.5.